The Kier molecular flexibility index (Phi) is 5.66. The molecule has 1 N–H and O–H groups in total. The fraction of sp³-hybridized carbons (Fsp3) is 0.875. The summed E-state index contributed by atoms with van der Waals surface area (Å²) in [5.41, 5.74) is 0. The Labute approximate surface area is 137 Å². The molecule has 2 aliphatic rings. The van der Waals surface area contributed by atoms with Crippen LogP contribution in [0, 0.1) is 11.8 Å². The van der Waals surface area contributed by atoms with E-state index < -0.39 is 0 Å². The highest BCUT2D eigenvalue weighted by Crippen LogP contribution is 2.21. The molecule has 124 valence electrons. The highest BCUT2D eigenvalue weighted by molar-refractivity contribution is 7.09. The van der Waals surface area contributed by atoms with Gasteiger partial charge in [0.1, 0.15) is 5.82 Å². The third-order valence-corrected chi connectivity index (χ3v) is 5.20. The minimum Gasteiger partial charge on any atom is -0.381 e. The van der Waals surface area contributed by atoms with E-state index in [2.05, 4.69) is 33.4 Å². The van der Waals surface area contributed by atoms with Gasteiger partial charge in [0.15, 0.2) is 0 Å². The van der Waals surface area contributed by atoms with Gasteiger partial charge in [-0.2, -0.15) is 4.37 Å². The molecule has 6 heteroatoms. The number of nitrogens with one attached hydrogen (secondary N) is 1. The second kappa shape index (κ2) is 7.70. The molecule has 2 aliphatic heterocycles. The Bertz CT molecular complexity index is 451. The molecule has 22 heavy (non-hydrogen) atoms. The van der Waals surface area contributed by atoms with E-state index in [0.29, 0.717) is 12.0 Å². The van der Waals surface area contributed by atoms with Crippen molar-refractivity contribution >= 4 is 16.7 Å². The van der Waals surface area contributed by atoms with Crippen LogP contribution >= 0.6 is 11.5 Å². The summed E-state index contributed by atoms with van der Waals surface area (Å²) < 4.78 is 9.92. The molecule has 2 saturated heterocycles. The van der Waals surface area contributed by atoms with E-state index in [1.165, 1.54) is 50.4 Å². The third-order valence-electron chi connectivity index (χ3n) is 4.51. The molecule has 1 atom stereocenters. The summed E-state index contributed by atoms with van der Waals surface area (Å²) in [6.07, 6.45) is 4.61. The van der Waals surface area contributed by atoms with Crippen LogP contribution in [0.5, 0.6) is 0 Å². The number of rotatable bonds is 6. The summed E-state index contributed by atoms with van der Waals surface area (Å²) >= 11 is 1.51. The van der Waals surface area contributed by atoms with Crippen LogP contribution < -0.4 is 5.32 Å². The molecular weight excluding hydrogens is 296 g/mol. The average Bonchev–Trinajstić information content (AvgIpc) is 3.13. The predicted octanol–water partition coefficient (Wildman–Crippen LogP) is 2.65. The van der Waals surface area contributed by atoms with Gasteiger partial charge in [-0.1, -0.05) is 13.8 Å². The zero-order valence-corrected chi connectivity index (χ0v) is 14.6. The molecule has 0 amide bonds. The van der Waals surface area contributed by atoms with Crippen LogP contribution in [0.3, 0.4) is 0 Å². The van der Waals surface area contributed by atoms with Gasteiger partial charge in [-0.15, -0.1) is 0 Å². The number of ether oxygens (including phenoxy) is 1. The molecule has 3 rings (SSSR count). The van der Waals surface area contributed by atoms with Gasteiger partial charge in [-0.05, 0) is 31.1 Å². The maximum Gasteiger partial charge on any atom is 0.202 e. The van der Waals surface area contributed by atoms with Crippen LogP contribution in [0.1, 0.15) is 38.9 Å². The minimum atomic E-state index is 0.552. The minimum absolute atomic E-state index is 0.552. The average molecular weight is 324 g/mol. The Morgan fingerprint density at radius 1 is 1.32 bits per heavy atom. The molecule has 0 spiro atoms. The van der Waals surface area contributed by atoms with Gasteiger partial charge in [0.25, 0.3) is 0 Å². The fourth-order valence-corrected chi connectivity index (χ4v) is 3.96. The SMILES string of the molecule is CC(C)Cc1nsc(NC2CCN(C[C@@H]3CCOC3)CC2)n1. The number of hydrogen-bond acceptors (Lipinski definition) is 6. The first-order valence-corrected chi connectivity index (χ1v) is 9.35. The van der Waals surface area contributed by atoms with Crippen LogP contribution in [0.15, 0.2) is 0 Å². The molecule has 1 aromatic rings. The lowest BCUT2D eigenvalue weighted by atomic mass is 10.0. The lowest BCUT2D eigenvalue weighted by Crippen LogP contribution is -2.41. The van der Waals surface area contributed by atoms with Gasteiger partial charge in [-0.25, -0.2) is 4.98 Å². The summed E-state index contributed by atoms with van der Waals surface area (Å²) in [6, 6.07) is 0.552. The highest BCUT2D eigenvalue weighted by atomic mass is 32.1. The summed E-state index contributed by atoms with van der Waals surface area (Å²) in [5.74, 6) is 2.36. The molecule has 0 unspecified atom stereocenters. The van der Waals surface area contributed by atoms with Crippen LogP contribution in [-0.2, 0) is 11.2 Å². The molecular formula is C16H28N4OS. The Morgan fingerprint density at radius 3 is 2.82 bits per heavy atom. The smallest absolute Gasteiger partial charge is 0.202 e. The van der Waals surface area contributed by atoms with Crippen molar-refractivity contribution in [3.8, 4) is 0 Å². The number of likely N-dealkylation sites (tertiary alicyclic amines) is 1. The molecule has 0 bridgehead atoms. The van der Waals surface area contributed by atoms with Gasteiger partial charge in [-0.3, -0.25) is 0 Å². The fourth-order valence-electron chi connectivity index (χ4n) is 3.29. The number of aromatic nitrogens is 2. The Balaban J connectivity index is 1.40. The van der Waals surface area contributed by atoms with Gasteiger partial charge >= 0.3 is 0 Å². The van der Waals surface area contributed by atoms with Gasteiger partial charge in [0.2, 0.25) is 5.13 Å². The van der Waals surface area contributed by atoms with E-state index in [0.717, 1.165) is 36.5 Å². The molecule has 2 fully saturated rings. The molecule has 1 aromatic heterocycles. The van der Waals surface area contributed by atoms with Crippen molar-refractivity contribution in [2.75, 3.05) is 38.2 Å². The van der Waals surface area contributed by atoms with Crippen LogP contribution in [0.2, 0.25) is 0 Å². The lowest BCUT2D eigenvalue weighted by molar-refractivity contribution is 0.154. The molecule has 0 saturated carbocycles. The van der Waals surface area contributed by atoms with E-state index >= 15 is 0 Å². The summed E-state index contributed by atoms with van der Waals surface area (Å²) in [7, 11) is 0. The molecule has 3 heterocycles. The third kappa shape index (κ3) is 4.64. The highest BCUT2D eigenvalue weighted by Gasteiger charge is 2.24. The zero-order chi connectivity index (χ0) is 15.4. The van der Waals surface area contributed by atoms with Crippen LogP contribution in [-0.4, -0.2) is 53.1 Å². The normalized spacial score (nSPS) is 24.2. The van der Waals surface area contributed by atoms with E-state index in [-0.39, 0.29) is 0 Å². The number of anilines is 1. The number of piperidine rings is 1. The van der Waals surface area contributed by atoms with Crippen LogP contribution in [0.25, 0.3) is 0 Å². The van der Waals surface area contributed by atoms with Crippen molar-refractivity contribution in [2.45, 2.75) is 45.6 Å². The topological polar surface area (TPSA) is 50.3 Å². The van der Waals surface area contributed by atoms with Crippen molar-refractivity contribution in [1.82, 2.24) is 14.3 Å². The van der Waals surface area contributed by atoms with E-state index in [4.69, 9.17) is 4.74 Å². The van der Waals surface area contributed by atoms with E-state index in [9.17, 15) is 0 Å². The summed E-state index contributed by atoms with van der Waals surface area (Å²) in [5, 5.41) is 4.58. The van der Waals surface area contributed by atoms with Gasteiger partial charge in [0.05, 0.1) is 6.61 Å². The molecule has 0 aromatic carbocycles. The van der Waals surface area contributed by atoms with E-state index in [1.807, 2.05) is 0 Å². The van der Waals surface area contributed by atoms with Crippen LogP contribution in [0.4, 0.5) is 5.13 Å². The maximum atomic E-state index is 5.48. The maximum absolute atomic E-state index is 5.48. The second-order valence-corrected chi connectivity index (χ2v) is 7.81. The van der Waals surface area contributed by atoms with Crippen molar-refractivity contribution in [3.63, 3.8) is 0 Å². The first-order valence-electron chi connectivity index (χ1n) is 8.58. The molecule has 0 radical (unpaired) electrons. The largest absolute Gasteiger partial charge is 0.381 e. The van der Waals surface area contributed by atoms with Crippen molar-refractivity contribution in [3.05, 3.63) is 5.82 Å². The predicted molar refractivity (Wildman–Crippen MR) is 90.5 cm³/mol. The number of hydrogen-bond donors (Lipinski definition) is 1. The molecule has 5 nitrogen and oxygen atoms in total. The van der Waals surface area contributed by atoms with Gasteiger partial charge in [0, 0.05) is 50.2 Å². The first-order chi connectivity index (χ1) is 10.7. The second-order valence-electron chi connectivity index (χ2n) is 7.06. The Morgan fingerprint density at radius 2 is 2.14 bits per heavy atom. The quantitative estimate of drug-likeness (QED) is 0.872. The van der Waals surface area contributed by atoms with E-state index in [1.54, 1.807) is 0 Å². The number of nitrogens with zero attached hydrogens (tertiary/aromatic N) is 3. The monoisotopic (exact) mass is 324 g/mol. The van der Waals surface area contributed by atoms with Gasteiger partial charge < -0.3 is 15.0 Å². The molecule has 0 aliphatic carbocycles. The van der Waals surface area contributed by atoms with Crippen molar-refractivity contribution in [1.29, 1.82) is 0 Å². The zero-order valence-electron chi connectivity index (χ0n) is 13.8. The lowest BCUT2D eigenvalue weighted by Gasteiger charge is -2.33. The summed E-state index contributed by atoms with van der Waals surface area (Å²) in [4.78, 5) is 7.21. The summed E-state index contributed by atoms with van der Waals surface area (Å²) in [6.45, 7) is 9.92. The standard InChI is InChI=1S/C16H28N4OS/c1-12(2)9-15-18-16(22-19-15)17-14-3-6-20(7-4-14)10-13-5-8-21-11-13/h12-14H,3-11H2,1-2H3,(H,17,18,19)/t13-/m0/s1. The van der Waals surface area contributed by atoms with Crippen molar-refractivity contribution in [2.24, 2.45) is 11.8 Å². The first kappa shape index (κ1) is 16.1. The Hall–Kier alpha value is -0.720. The van der Waals surface area contributed by atoms with Crippen molar-refractivity contribution < 1.29 is 4.74 Å².